The lowest BCUT2D eigenvalue weighted by Crippen LogP contribution is -2.46. The first kappa shape index (κ1) is 12.3. The Kier molecular flexibility index (Phi) is 3.97. The molecule has 1 aromatic rings. The summed E-state index contributed by atoms with van der Waals surface area (Å²) in [7, 11) is 0. The highest BCUT2D eigenvalue weighted by molar-refractivity contribution is 4.93. The van der Waals surface area contributed by atoms with Crippen LogP contribution in [-0.2, 0) is 6.54 Å². The Hall–Kier alpha value is -1.13. The molecule has 94 valence electrons. The lowest BCUT2D eigenvalue weighted by molar-refractivity contribution is 0.159. The molecular weight excluding hydrogens is 214 g/mol. The van der Waals surface area contributed by atoms with Crippen molar-refractivity contribution in [2.75, 3.05) is 19.6 Å². The molecule has 1 aliphatic heterocycles. The first-order chi connectivity index (χ1) is 8.16. The molecule has 2 unspecified atom stereocenters. The summed E-state index contributed by atoms with van der Waals surface area (Å²) in [5.41, 5.74) is 6.07. The van der Waals surface area contributed by atoms with Crippen LogP contribution < -0.4 is 11.3 Å². The van der Waals surface area contributed by atoms with Gasteiger partial charge in [0.25, 0.3) is 5.56 Å². The zero-order chi connectivity index (χ0) is 12.3. The second kappa shape index (κ2) is 5.47. The summed E-state index contributed by atoms with van der Waals surface area (Å²) in [5.74, 6) is 0.552. The number of pyridine rings is 1. The second-order valence-corrected chi connectivity index (χ2v) is 4.96. The Balaban J connectivity index is 1.87. The van der Waals surface area contributed by atoms with Crippen LogP contribution in [0.3, 0.4) is 0 Å². The molecule has 1 aliphatic rings. The zero-order valence-corrected chi connectivity index (χ0v) is 10.4. The highest BCUT2D eigenvalue weighted by Gasteiger charge is 2.22. The number of rotatable bonds is 3. The summed E-state index contributed by atoms with van der Waals surface area (Å²) in [6.45, 7) is 5.99. The molecule has 0 spiro atoms. The average Bonchev–Trinajstić information content (AvgIpc) is 2.32. The molecule has 2 N–H and O–H groups in total. The van der Waals surface area contributed by atoms with E-state index < -0.39 is 0 Å². The molecule has 2 heterocycles. The van der Waals surface area contributed by atoms with Gasteiger partial charge in [-0.1, -0.05) is 13.0 Å². The van der Waals surface area contributed by atoms with Crippen molar-refractivity contribution in [3.8, 4) is 0 Å². The summed E-state index contributed by atoms with van der Waals surface area (Å²) >= 11 is 0. The molecule has 0 aliphatic carbocycles. The number of hydrogen-bond donors (Lipinski definition) is 1. The number of nitrogens with two attached hydrogens (primary N) is 1. The maximum absolute atomic E-state index is 11.5. The Morgan fingerprint density at radius 3 is 2.94 bits per heavy atom. The van der Waals surface area contributed by atoms with Crippen molar-refractivity contribution < 1.29 is 0 Å². The quantitative estimate of drug-likeness (QED) is 0.831. The van der Waals surface area contributed by atoms with Gasteiger partial charge in [0.15, 0.2) is 0 Å². The molecule has 4 nitrogen and oxygen atoms in total. The molecule has 4 heteroatoms. The molecule has 17 heavy (non-hydrogen) atoms. The van der Waals surface area contributed by atoms with E-state index in [1.165, 1.54) is 0 Å². The van der Waals surface area contributed by atoms with Crippen molar-refractivity contribution in [2.45, 2.75) is 25.9 Å². The summed E-state index contributed by atoms with van der Waals surface area (Å²) in [5, 5.41) is 0. The van der Waals surface area contributed by atoms with Crippen LogP contribution in [-0.4, -0.2) is 35.1 Å². The molecule has 2 atom stereocenters. The maximum atomic E-state index is 11.5. The van der Waals surface area contributed by atoms with Crippen LogP contribution in [0.1, 0.15) is 13.3 Å². The van der Waals surface area contributed by atoms with Crippen molar-refractivity contribution >= 4 is 0 Å². The number of likely N-dealkylation sites (tertiary alicyclic amines) is 1. The van der Waals surface area contributed by atoms with E-state index in [1.54, 1.807) is 16.7 Å². The van der Waals surface area contributed by atoms with Crippen molar-refractivity contribution in [1.82, 2.24) is 9.47 Å². The third-order valence-electron chi connectivity index (χ3n) is 3.61. The van der Waals surface area contributed by atoms with Gasteiger partial charge < -0.3 is 15.2 Å². The van der Waals surface area contributed by atoms with Gasteiger partial charge in [-0.05, 0) is 24.9 Å². The monoisotopic (exact) mass is 235 g/mol. The Labute approximate surface area is 102 Å². The third kappa shape index (κ3) is 3.17. The predicted octanol–water partition coefficient (Wildman–Crippen LogP) is 0.517. The van der Waals surface area contributed by atoms with Crippen LogP contribution in [0.25, 0.3) is 0 Å². The standard InChI is InChI=1S/C13H21N3O/c1-11-10-15(7-5-12(11)14)8-9-16-6-3-2-4-13(16)17/h2-4,6,11-12H,5,7-10,14H2,1H3. The molecule has 1 aromatic heterocycles. The minimum absolute atomic E-state index is 0.0780. The number of nitrogens with zero attached hydrogens (tertiary/aromatic N) is 2. The van der Waals surface area contributed by atoms with Gasteiger partial charge in [-0.15, -0.1) is 0 Å². The van der Waals surface area contributed by atoms with Gasteiger partial charge >= 0.3 is 0 Å². The van der Waals surface area contributed by atoms with Crippen LogP contribution in [0.15, 0.2) is 29.2 Å². The van der Waals surface area contributed by atoms with Gasteiger partial charge in [-0.3, -0.25) is 4.79 Å². The largest absolute Gasteiger partial charge is 0.327 e. The lowest BCUT2D eigenvalue weighted by atomic mass is 9.95. The normalized spacial score (nSPS) is 26.0. The van der Waals surface area contributed by atoms with Gasteiger partial charge in [0.2, 0.25) is 0 Å². The summed E-state index contributed by atoms with van der Waals surface area (Å²) in [6.07, 6.45) is 2.91. The van der Waals surface area contributed by atoms with E-state index in [-0.39, 0.29) is 5.56 Å². The first-order valence-corrected chi connectivity index (χ1v) is 6.30. The molecule has 2 rings (SSSR count). The van der Waals surface area contributed by atoms with E-state index >= 15 is 0 Å². The molecule has 0 bridgehead atoms. The summed E-state index contributed by atoms with van der Waals surface area (Å²) < 4.78 is 1.76. The number of hydrogen-bond acceptors (Lipinski definition) is 3. The molecule has 1 fully saturated rings. The van der Waals surface area contributed by atoms with Gasteiger partial charge in [0, 0.05) is 37.9 Å². The fourth-order valence-electron chi connectivity index (χ4n) is 2.35. The van der Waals surface area contributed by atoms with Crippen molar-refractivity contribution in [2.24, 2.45) is 11.7 Å². The Morgan fingerprint density at radius 2 is 2.24 bits per heavy atom. The number of aromatic nitrogens is 1. The van der Waals surface area contributed by atoms with E-state index in [0.29, 0.717) is 12.0 Å². The van der Waals surface area contributed by atoms with Gasteiger partial charge in [-0.25, -0.2) is 0 Å². The molecule has 0 radical (unpaired) electrons. The van der Waals surface area contributed by atoms with E-state index in [2.05, 4.69) is 11.8 Å². The Morgan fingerprint density at radius 1 is 1.41 bits per heavy atom. The maximum Gasteiger partial charge on any atom is 0.250 e. The topological polar surface area (TPSA) is 51.3 Å². The molecular formula is C13H21N3O. The van der Waals surface area contributed by atoms with E-state index in [9.17, 15) is 4.79 Å². The van der Waals surface area contributed by atoms with E-state index in [4.69, 9.17) is 5.73 Å². The highest BCUT2D eigenvalue weighted by atomic mass is 16.1. The van der Waals surface area contributed by atoms with Crippen LogP contribution in [0.5, 0.6) is 0 Å². The average molecular weight is 235 g/mol. The van der Waals surface area contributed by atoms with Crippen LogP contribution >= 0.6 is 0 Å². The second-order valence-electron chi connectivity index (χ2n) is 4.96. The summed E-state index contributed by atoms with van der Waals surface area (Å²) in [6, 6.07) is 5.62. The zero-order valence-electron chi connectivity index (χ0n) is 10.4. The van der Waals surface area contributed by atoms with Gasteiger partial charge in [0.05, 0.1) is 0 Å². The van der Waals surface area contributed by atoms with Crippen molar-refractivity contribution in [3.05, 3.63) is 34.7 Å². The van der Waals surface area contributed by atoms with Gasteiger partial charge in [-0.2, -0.15) is 0 Å². The Bertz CT molecular complexity index is 415. The van der Waals surface area contributed by atoms with Crippen molar-refractivity contribution in [1.29, 1.82) is 0 Å². The van der Waals surface area contributed by atoms with Crippen LogP contribution in [0.4, 0.5) is 0 Å². The van der Waals surface area contributed by atoms with Crippen molar-refractivity contribution in [3.63, 3.8) is 0 Å². The molecule has 0 amide bonds. The SMILES string of the molecule is CC1CN(CCn2ccccc2=O)CCC1N. The van der Waals surface area contributed by atoms with E-state index in [0.717, 1.165) is 32.6 Å². The van der Waals surface area contributed by atoms with Crippen LogP contribution in [0.2, 0.25) is 0 Å². The first-order valence-electron chi connectivity index (χ1n) is 6.30. The highest BCUT2D eigenvalue weighted by Crippen LogP contribution is 2.14. The third-order valence-corrected chi connectivity index (χ3v) is 3.61. The fourth-order valence-corrected chi connectivity index (χ4v) is 2.35. The minimum Gasteiger partial charge on any atom is -0.327 e. The lowest BCUT2D eigenvalue weighted by Gasteiger charge is -2.35. The number of piperidine rings is 1. The summed E-state index contributed by atoms with van der Waals surface area (Å²) in [4.78, 5) is 13.9. The molecule has 0 aromatic carbocycles. The molecule has 0 saturated carbocycles. The van der Waals surface area contributed by atoms with Crippen LogP contribution in [0, 0.1) is 5.92 Å². The van der Waals surface area contributed by atoms with Gasteiger partial charge in [0.1, 0.15) is 0 Å². The minimum atomic E-state index is 0.0780. The predicted molar refractivity (Wildman–Crippen MR) is 68.9 cm³/mol. The smallest absolute Gasteiger partial charge is 0.250 e. The van der Waals surface area contributed by atoms with E-state index in [1.807, 2.05) is 12.3 Å². The molecule has 1 saturated heterocycles. The fraction of sp³-hybridized carbons (Fsp3) is 0.615.